The molecule has 0 amide bonds. The molecule has 0 bridgehead atoms. The molecule has 0 saturated heterocycles. The van der Waals surface area contributed by atoms with E-state index in [1.807, 2.05) is 107 Å². The van der Waals surface area contributed by atoms with Crippen LogP contribution in [0, 0.1) is 25.2 Å². The first-order valence-corrected chi connectivity index (χ1v) is 32.4. The van der Waals surface area contributed by atoms with Crippen molar-refractivity contribution in [1.82, 2.24) is 0 Å². The van der Waals surface area contributed by atoms with Crippen molar-refractivity contribution in [2.75, 3.05) is 0 Å². The third-order valence-electron chi connectivity index (χ3n) is 17.6. The normalized spacial score (nSPS) is 11.1. The van der Waals surface area contributed by atoms with Crippen LogP contribution in [0.1, 0.15) is 177 Å². The van der Waals surface area contributed by atoms with Crippen LogP contribution in [-0.2, 0) is 48.3 Å². The highest BCUT2D eigenvalue weighted by Crippen LogP contribution is 2.39. The zero-order valence-electron chi connectivity index (χ0n) is 56.7. The Bertz CT molecular complexity index is 3880. The largest absolute Gasteiger partial charge is 0.508 e. The van der Waals surface area contributed by atoms with Crippen LogP contribution < -0.4 is 0 Å². The number of nitriles is 1. The van der Waals surface area contributed by atoms with Crippen molar-refractivity contribution >= 4 is 0 Å². The minimum Gasteiger partial charge on any atom is -0.508 e. The van der Waals surface area contributed by atoms with Crippen molar-refractivity contribution in [2.24, 2.45) is 0 Å². The highest BCUT2D eigenvalue weighted by Gasteiger charge is 2.27. The Labute approximate surface area is 557 Å². The predicted octanol–water partition coefficient (Wildman–Crippen LogP) is 19.7. The summed E-state index contributed by atoms with van der Waals surface area (Å²) in [6, 6.07) is 67.8. The van der Waals surface area contributed by atoms with Crippen molar-refractivity contribution in [3.05, 3.63) is 301 Å². The number of benzene rings is 10. The van der Waals surface area contributed by atoms with Crippen molar-refractivity contribution in [2.45, 2.75) is 150 Å². The van der Waals surface area contributed by atoms with E-state index < -0.39 is 5.92 Å². The van der Waals surface area contributed by atoms with Crippen LogP contribution in [0.4, 0.5) is 0 Å². The molecule has 0 radical (unpaired) electrons. The average Bonchev–Trinajstić information content (AvgIpc) is 0.824. The molecule has 0 saturated carbocycles. The van der Waals surface area contributed by atoms with Crippen LogP contribution in [0.5, 0.6) is 51.7 Å². The maximum Gasteiger partial charge on any atom is 0.118 e. The number of phenols is 9. The smallest absolute Gasteiger partial charge is 0.118 e. The summed E-state index contributed by atoms with van der Waals surface area (Å²) in [6.07, 6.45) is 6.33. The van der Waals surface area contributed by atoms with Gasteiger partial charge >= 0.3 is 0 Å². The van der Waals surface area contributed by atoms with Crippen molar-refractivity contribution in [1.29, 1.82) is 5.26 Å². The Hall–Kier alpha value is -10.1. The minimum absolute atomic E-state index is 0.170. The Kier molecular flexibility index (Phi) is 26.0. The molecule has 0 spiro atoms. The molecule has 10 aromatic carbocycles. The standard InChI is InChI=1S/C21H28O2.C19H24O2.C17H20O2.C14H11NO2.C13H12O/c1-5-7-15-13-17(9-11-19(15)22)21(3,4)18-10-12-20(23)16(14-18)8-6-2;1-5-13-11-15(7-9-17(13)20)19(3,4)16-8-10-18(21)14(6-2)12-16;1-11-9-13(5-7-15(11)18)17(3,4)14-6-8-16(19)12(2)10-14;15-9-14(10-1-5-12(16)6-2-10)11-3-7-13(17)8-4-11;14-13-8-6-12(7-9-13)10-11-4-2-1-3-5-11/h9-14,22-23H,5-8H2,1-4H3;7-12,20-21H,5-6H2,1-4H3;5-10,18-19H,1-4H3;1-8,14,16-17H;1-9,14H,10H2. The number of aryl methyl sites for hydroxylation is 6. The quantitative estimate of drug-likeness (QED) is 0.0447. The lowest BCUT2D eigenvalue weighted by molar-refractivity contribution is 0.465. The third-order valence-corrected chi connectivity index (χ3v) is 17.6. The third kappa shape index (κ3) is 19.5. The summed E-state index contributed by atoms with van der Waals surface area (Å²) in [6.45, 7) is 25.1. The molecule has 490 valence electrons. The molecule has 0 aliphatic heterocycles. The van der Waals surface area contributed by atoms with Gasteiger partial charge in [-0.15, -0.1) is 0 Å². The molecule has 94 heavy (non-hydrogen) atoms. The second-order valence-electron chi connectivity index (χ2n) is 25.5. The number of hydrogen-bond donors (Lipinski definition) is 9. The molecule has 0 aliphatic carbocycles. The van der Waals surface area contributed by atoms with Crippen LogP contribution >= 0.6 is 0 Å². The molecule has 9 N–H and O–H groups in total. The van der Waals surface area contributed by atoms with Gasteiger partial charge in [0, 0.05) is 16.2 Å². The van der Waals surface area contributed by atoms with Crippen LogP contribution in [-0.4, -0.2) is 46.0 Å². The van der Waals surface area contributed by atoms with E-state index in [1.54, 1.807) is 97.1 Å². The maximum absolute atomic E-state index is 10.0. The lowest BCUT2D eigenvalue weighted by atomic mass is 9.76. The van der Waals surface area contributed by atoms with Gasteiger partial charge < -0.3 is 46.0 Å². The monoisotopic (exact) mass is 1260 g/mol. The van der Waals surface area contributed by atoms with Crippen LogP contribution in [0.2, 0.25) is 0 Å². The van der Waals surface area contributed by atoms with Crippen LogP contribution in [0.3, 0.4) is 0 Å². The molecule has 10 aromatic rings. The molecule has 10 nitrogen and oxygen atoms in total. The fraction of sp³-hybridized carbons (Fsp3) is 0.274. The number of aromatic hydroxyl groups is 9. The van der Waals surface area contributed by atoms with Gasteiger partial charge in [0.05, 0.1) is 12.0 Å². The zero-order chi connectivity index (χ0) is 68.9. The Morgan fingerprint density at radius 2 is 0.606 bits per heavy atom. The lowest BCUT2D eigenvalue weighted by Gasteiger charge is -2.27. The maximum atomic E-state index is 10.0. The molecular weight excluding hydrogens is 1170 g/mol. The summed E-state index contributed by atoms with van der Waals surface area (Å²) >= 11 is 0. The van der Waals surface area contributed by atoms with Gasteiger partial charge in [-0.05, 0) is 208 Å². The average molecular weight is 1260 g/mol. The molecule has 0 unspecified atom stereocenters. The summed E-state index contributed by atoms with van der Waals surface area (Å²) in [4.78, 5) is 0. The topological polar surface area (TPSA) is 206 Å². The van der Waals surface area contributed by atoms with Gasteiger partial charge in [0.1, 0.15) is 51.7 Å². The first kappa shape index (κ1) is 72.9. The summed E-state index contributed by atoms with van der Waals surface area (Å²) in [5, 5.41) is 95.7. The Morgan fingerprint density at radius 1 is 0.330 bits per heavy atom. The highest BCUT2D eigenvalue weighted by atomic mass is 16.3. The predicted molar refractivity (Wildman–Crippen MR) is 382 cm³/mol. The van der Waals surface area contributed by atoms with Crippen molar-refractivity contribution < 1.29 is 46.0 Å². The van der Waals surface area contributed by atoms with Crippen molar-refractivity contribution in [3.63, 3.8) is 0 Å². The molecule has 10 heteroatoms. The molecule has 0 atom stereocenters. The van der Waals surface area contributed by atoms with E-state index in [4.69, 9.17) is 5.11 Å². The van der Waals surface area contributed by atoms with Gasteiger partial charge in [-0.2, -0.15) is 5.26 Å². The van der Waals surface area contributed by atoms with E-state index in [-0.39, 0.29) is 27.7 Å². The Balaban J connectivity index is 0.000000188. The van der Waals surface area contributed by atoms with Gasteiger partial charge in [-0.3, -0.25) is 0 Å². The molecule has 0 heterocycles. The van der Waals surface area contributed by atoms with E-state index in [2.05, 4.69) is 97.9 Å². The minimum atomic E-state index is -0.392. The molecule has 0 aromatic heterocycles. The fourth-order valence-electron chi connectivity index (χ4n) is 11.1. The summed E-state index contributed by atoms with van der Waals surface area (Å²) in [5.41, 5.74) is 16.3. The van der Waals surface area contributed by atoms with E-state index in [1.165, 1.54) is 33.4 Å². The molecule has 0 fully saturated rings. The SMILES string of the molecule is CCCc1cc(C(C)(C)c2ccc(O)c(CCC)c2)ccc1O.CCc1cc(C(C)(C)c2ccc(O)c(CC)c2)ccc1O.Cc1cc(C(C)(C)c2ccc(O)c(C)c2)ccc1O.N#CC(c1ccc(O)cc1)c1ccc(O)cc1.Oc1ccc(Cc2ccccc2)cc1. The molecule has 10 rings (SSSR count). The number of phenolic OH excluding ortho intramolecular Hbond substituents is 9. The van der Waals surface area contributed by atoms with Gasteiger partial charge in [-0.1, -0.05) is 222 Å². The van der Waals surface area contributed by atoms with E-state index in [0.717, 1.165) is 101 Å². The fourth-order valence-corrected chi connectivity index (χ4v) is 11.1. The van der Waals surface area contributed by atoms with Crippen molar-refractivity contribution in [3.8, 4) is 57.8 Å². The van der Waals surface area contributed by atoms with Crippen LogP contribution in [0.25, 0.3) is 0 Å². The Morgan fingerprint density at radius 3 is 0.904 bits per heavy atom. The molecular formula is C84H95NO9. The summed E-state index contributed by atoms with van der Waals surface area (Å²) in [7, 11) is 0. The van der Waals surface area contributed by atoms with Gasteiger partial charge in [0.2, 0.25) is 0 Å². The number of nitrogens with zero attached hydrogens (tertiary/aromatic N) is 1. The lowest BCUT2D eigenvalue weighted by Crippen LogP contribution is -2.19. The first-order chi connectivity index (χ1) is 44.7. The van der Waals surface area contributed by atoms with E-state index >= 15 is 0 Å². The first-order valence-electron chi connectivity index (χ1n) is 32.4. The van der Waals surface area contributed by atoms with Gasteiger partial charge in [-0.25, -0.2) is 0 Å². The van der Waals surface area contributed by atoms with Gasteiger partial charge in [0.15, 0.2) is 0 Å². The van der Waals surface area contributed by atoms with E-state index in [0.29, 0.717) is 40.2 Å². The summed E-state index contributed by atoms with van der Waals surface area (Å²) in [5.74, 6) is 2.40. The summed E-state index contributed by atoms with van der Waals surface area (Å²) < 4.78 is 0. The second-order valence-corrected chi connectivity index (χ2v) is 25.5. The van der Waals surface area contributed by atoms with Crippen LogP contribution in [0.15, 0.2) is 212 Å². The van der Waals surface area contributed by atoms with E-state index in [9.17, 15) is 46.1 Å². The van der Waals surface area contributed by atoms with Gasteiger partial charge in [0.25, 0.3) is 0 Å². The highest BCUT2D eigenvalue weighted by molar-refractivity contribution is 5.51. The number of rotatable bonds is 16. The zero-order valence-corrected chi connectivity index (χ0v) is 56.7. The molecule has 0 aliphatic rings. The second kappa shape index (κ2) is 33.5. The number of hydrogen-bond acceptors (Lipinski definition) is 10.